The van der Waals surface area contributed by atoms with Crippen molar-refractivity contribution in [3.63, 3.8) is 0 Å². The summed E-state index contributed by atoms with van der Waals surface area (Å²) >= 11 is 0. The van der Waals surface area contributed by atoms with Crippen LogP contribution in [0.4, 0.5) is 0 Å². The Kier molecular flexibility index (Phi) is 3.01. The van der Waals surface area contributed by atoms with Crippen molar-refractivity contribution >= 4 is 10.9 Å². The lowest BCUT2D eigenvalue weighted by molar-refractivity contribution is -0.730. The number of benzene rings is 1. The van der Waals surface area contributed by atoms with Crippen molar-refractivity contribution in [2.24, 2.45) is 0 Å². The molecule has 100 valence electrons. The third-order valence-corrected chi connectivity index (χ3v) is 3.51. The number of hydrogen-bond donors (Lipinski definition) is 0. The highest BCUT2D eigenvalue weighted by Gasteiger charge is 2.25. The van der Waals surface area contributed by atoms with E-state index in [0.717, 1.165) is 0 Å². The molecule has 0 spiro atoms. The second-order valence-electron chi connectivity index (χ2n) is 6.06. The standard InChI is InChI=1S/C18H19N2/c1-18(2,3)20-13-16(14-8-10-19-11-9-14)12-15-6-4-5-7-17(15)20/h4-13H,1-3H3/q+1. The number of rotatable bonds is 1. The van der Waals surface area contributed by atoms with Crippen LogP contribution in [0, 0.1) is 0 Å². The van der Waals surface area contributed by atoms with E-state index in [1.54, 1.807) is 0 Å². The number of para-hydroxylation sites is 1. The number of fused-ring (bicyclic) bond motifs is 1. The van der Waals surface area contributed by atoms with E-state index in [4.69, 9.17) is 0 Å². The Bertz CT molecular complexity index is 740. The normalized spacial score (nSPS) is 11.8. The average Bonchev–Trinajstić information content (AvgIpc) is 2.46. The van der Waals surface area contributed by atoms with Gasteiger partial charge >= 0.3 is 0 Å². The molecule has 0 aliphatic carbocycles. The van der Waals surface area contributed by atoms with Gasteiger partial charge in [-0.1, -0.05) is 12.1 Å². The fraction of sp³-hybridized carbons (Fsp3) is 0.222. The summed E-state index contributed by atoms with van der Waals surface area (Å²) in [5.74, 6) is 0. The molecule has 0 bridgehead atoms. The lowest BCUT2D eigenvalue weighted by atomic mass is 10.0. The van der Waals surface area contributed by atoms with Gasteiger partial charge in [0.05, 0.1) is 0 Å². The van der Waals surface area contributed by atoms with E-state index in [0.29, 0.717) is 0 Å². The molecule has 0 amide bonds. The monoisotopic (exact) mass is 263 g/mol. The molecule has 2 aromatic heterocycles. The van der Waals surface area contributed by atoms with E-state index in [-0.39, 0.29) is 5.54 Å². The number of nitrogens with zero attached hydrogens (tertiary/aromatic N) is 2. The average molecular weight is 263 g/mol. The van der Waals surface area contributed by atoms with Gasteiger partial charge in [-0.25, -0.2) is 0 Å². The van der Waals surface area contributed by atoms with Crippen molar-refractivity contribution in [1.82, 2.24) is 4.98 Å². The fourth-order valence-corrected chi connectivity index (χ4v) is 2.50. The molecule has 1 aromatic carbocycles. The molecule has 3 aromatic rings. The van der Waals surface area contributed by atoms with E-state index in [2.05, 4.69) is 79.0 Å². The Morgan fingerprint density at radius 2 is 1.60 bits per heavy atom. The minimum atomic E-state index is 0.0443. The van der Waals surface area contributed by atoms with Gasteiger partial charge in [0.2, 0.25) is 5.52 Å². The van der Waals surface area contributed by atoms with Gasteiger partial charge in [-0.05, 0) is 29.8 Å². The lowest BCUT2D eigenvalue weighted by Gasteiger charge is -2.16. The van der Waals surface area contributed by atoms with Gasteiger partial charge < -0.3 is 0 Å². The number of pyridine rings is 2. The highest BCUT2D eigenvalue weighted by Crippen LogP contribution is 2.23. The summed E-state index contributed by atoms with van der Waals surface area (Å²) in [7, 11) is 0. The molecule has 0 fully saturated rings. The molecule has 0 radical (unpaired) electrons. The highest BCUT2D eigenvalue weighted by molar-refractivity contribution is 5.80. The quantitative estimate of drug-likeness (QED) is 0.608. The van der Waals surface area contributed by atoms with Gasteiger partial charge in [0.1, 0.15) is 0 Å². The molecule has 0 atom stereocenters. The van der Waals surface area contributed by atoms with Crippen LogP contribution in [0.25, 0.3) is 22.0 Å². The predicted molar refractivity (Wildman–Crippen MR) is 82.4 cm³/mol. The van der Waals surface area contributed by atoms with Crippen LogP contribution in [0.3, 0.4) is 0 Å². The summed E-state index contributed by atoms with van der Waals surface area (Å²) in [5.41, 5.74) is 3.73. The third-order valence-electron chi connectivity index (χ3n) is 3.51. The maximum Gasteiger partial charge on any atom is 0.212 e. The van der Waals surface area contributed by atoms with Crippen molar-refractivity contribution in [2.75, 3.05) is 0 Å². The molecule has 0 unspecified atom stereocenters. The minimum absolute atomic E-state index is 0.0443. The van der Waals surface area contributed by atoms with Gasteiger partial charge in [-0.3, -0.25) is 4.98 Å². The summed E-state index contributed by atoms with van der Waals surface area (Å²) in [6.45, 7) is 6.70. The SMILES string of the molecule is CC(C)(C)[n+]1cc(-c2ccncc2)cc2ccccc21. The Morgan fingerprint density at radius 3 is 2.30 bits per heavy atom. The van der Waals surface area contributed by atoms with Crippen LogP contribution in [0.2, 0.25) is 0 Å². The fourth-order valence-electron chi connectivity index (χ4n) is 2.50. The van der Waals surface area contributed by atoms with Crippen LogP contribution < -0.4 is 4.57 Å². The van der Waals surface area contributed by atoms with Gasteiger partial charge in [0, 0.05) is 50.2 Å². The minimum Gasteiger partial charge on any atom is -0.265 e. The summed E-state index contributed by atoms with van der Waals surface area (Å²) < 4.78 is 2.35. The molecule has 0 aliphatic heterocycles. The molecular weight excluding hydrogens is 244 g/mol. The van der Waals surface area contributed by atoms with E-state index in [1.165, 1.54) is 22.0 Å². The Labute approximate surface area is 119 Å². The first-order valence-corrected chi connectivity index (χ1v) is 6.91. The van der Waals surface area contributed by atoms with E-state index in [9.17, 15) is 0 Å². The van der Waals surface area contributed by atoms with Crippen LogP contribution >= 0.6 is 0 Å². The smallest absolute Gasteiger partial charge is 0.212 e. The van der Waals surface area contributed by atoms with Crippen LogP contribution in [0.1, 0.15) is 20.8 Å². The van der Waals surface area contributed by atoms with Crippen molar-refractivity contribution in [1.29, 1.82) is 0 Å². The first kappa shape index (κ1) is 12.8. The zero-order valence-electron chi connectivity index (χ0n) is 12.2. The van der Waals surface area contributed by atoms with Crippen molar-refractivity contribution < 1.29 is 4.57 Å². The summed E-state index contributed by atoms with van der Waals surface area (Å²) in [4.78, 5) is 4.10. The van der Waals surface area contributed by atoms with Crippen LogP contribution in [0.15, 0.2) is 61.1 Å². The largest absolute Gasteiger partial charge is 0.265 e. The molecular formula is C18H19N2+. The van der Waals surface area contributed by atoms with Gasteiger partial charge in [-0.2, -0.15) is 4.57 Å². The molecule has 0 saturated carbocycles. The summed E-state index contributed by atoms with van der Waals surface area (Å²) in [5, 5.41) is 1.26. The molecule has 2 nitrogen and oxygen atoms in total. The van der Waals surface area contributed by atoms with Crippen LogP contribution in [0.5, 0.6) is 0 Å². The zero-order chi connectivity index (χ0) is 14.2. The lowest BCUT2D eigenvalue weighted by Crippen LogP contribution is -2.50. The van der Waals surface area contributed by atoms with Crippen molar-refractivity contribution in [2.45, 2.75) is 26.3 Å². The van der Waals surface area contributed by atoms with Gasteiger partial charge in [0.25, 0.3) is 0 Å². The molecule has 0 saturated heterocycles. The first-order chi connectivity index (χ1) is 9.55. The molecule has 3 rings (SSSR count). The Balaban J connectivity index is 2.31. The Morgan fingerprint density at radius 1 is 0.900 bits per heavy atom. The molecule has 20 heavy (non-hydrogen) atoms. The van der Waals surface area contributed by atoms with Gasteiger partial charge in [0.15, 0.2) is 11.7 Å². The van der Waals surface area contributed by atoms with Crippen molar-refractivity contribution in [3.05, 3.63) is 61.1 Å². The number of hydrogen-bond acceptors (Lipinski definition) is 1. The first-order valence-electron chi connectivity index (χ1n) is 6.91. The predicted octanol–water partition coefficient (Wildman–Crippen LogP) is 3.94. The molecule has 0 N–H and O–H groups in total. The van der Waals surface area contributed by atoms with E-state index in [1.807, 2.05) is 12.4 Å². The van der Waals surface area contributed by atoms with E-state index < -0.39 is 0 Å². The maximum atomic E-state index is 4.10. The third kappa shape index (κ3) is 2.29. The van der Waals surface area contributed by atoms with Gasteiger partial charge in [-0.15, -0.1) is 0 Å². The topological polar surface area (TPSA) is 16.8 Å². The number of aromatic nitrogens is 2. The zero-order valence-corrected chi connectivity index (χ0v) is 12.2. The summed E-state index contributed by atoms with van der Waals surface area (Å²) in [6, 6.07) is 14.9. The van der Waals surface area contributed by atoms with Crippen LogP contribution in [-0.4, -0.2) is 4.98 Å². The molecule has 2 heteroatoms. The van der Waals surface area contributed by atoms with E-state index >= 15 is 0 Å². The second kappa shape index (κ2) is 4.71. The second-order valence-corrected chi connectivity index (χ2v) is 6.06. The highest BCUT2D eigenvalue weighted by atomic mass is 15.0. The van der Waals surface area contributed by atoms with Crippen molar-refractivity contribution in [3.8, 4) is 11.1 Å². The Hall–Kier alpha value is -2.22. The van der Waals surface area contributed by atoms with Crippen LogP contribution in [-0.2, 0) is 5.54 Å². The molecule has 0 aliphatic rings. The summed E-state index contributed by atoms with van der Waals surface area (Å²) in [6.07, 6.45) is 5.91. The molecule has 2 heterocycles. The maximum absolute atomic E-state index is 4.10.